The molecule has 0 N–H and O–H groups in total. The van der Waals surface area contributed by atoms with Gasteiger partial charge in [-0.25, -0.2) is 4.79 Å². The highest BCUT2D eigenvalue weighted by Gasteiger charge is 2.65. The molecule has 4 nitrogen and oxygen atoms in total. The van der Waals surface area contributed by atoms with Gasteiger partial charge in [0.05, 0.1) is 5.41 Å². The van der Waals surface area contributed by atoms with Crippen LogP contribution in [0.1, 0.15) is 107 Å². The van der Waals surface area contributed by atoms with E-state index in [1.165, 1.54) is 0 Å². The van der Waals surface area contributed by atoms with Crippen molar-refractivity contribution in [3.63, 3.8) is 0 Å². The number of esters is 2. The second-order valence-corrected chi connectivity index (χ2v) is 13.2. The fourth-order valence-corrected chi connectivity index (χ4v) is 6.67. The van der Waals surface area contributed by atoms with Crippen LogP contribution in [-0.4, -0.2) is 23.6 Å². The Morgan fingerprint density at radius 2 is 1.55 bits per heavy atom. The minimum absolute atomic E-state index is 0.0107. The molecule has 0 aromatic carbocycles. The summed E-state index contributed by atoms with van der Waals surface area (Å²) >= 11 is 0. The van der Waals surface area contributed by atoms with Crippen molar-refractivity contribution in [1.29, 1.82) is 0 Å². The highest BCUT2D eigenvalue weighted by Crippen LogP contribution is 2.62. The summed E-state index contributed by atoms with van der Waals surface area (Å²) in [5.41, 5.74) is -2.12. The maximum atomic E-state index is 13.8. The monoisotopic (exact) mass is 406 g/mol. The summed E-state index contributed by atoms with van der Waals surface area (Å²) in [6.07, 6.45) is 5.69. The average Bonchev–Trinajstić information content (AvgIpc) is 2.61. The van der Waals surface area contributed by atoms with Gasteiger partial charge in [0.25, 0.3) is 0 Å². The molecular formula is C25H42O4. The Hall–Kier alpha value is -1.06. The molecule has 4 bridgehead atoms. The van der Waals surface area contributed by atoms with Gasteiger partial charge in [0.2, 0.25) is 5.60 Å². The van der Waals surface area contributed by atoms with Gasteiger partial charge in [-0.05, 0) is 54.3 Å². The minimum Gasteiger partial charge on any atom is -0.459 e. The Bertz CT molecular complexity index is 682. The molecule has 4 heteroatoms. The second kappa shape index (κ2) is 6.47. The summed E-state index contributed by atoms with van der Waals surface area (Å²) in [4.78, 5) is 27.0. The Balaban J connectivity index is 1.98. The van der Waals surface area contributed by atoms with Gasteiger partial charge in [-0.3, -0.25) is 4.79 Å². The van der Waals surface area contributed by atoms with Crippen LogP contribution in [0.5, 0.6) is 0 Å². The number of fused-ring (bicyclic) bond motifs is 1. The van der Waals surface area contributed by atoms with E-state index in [0.29, 0.717) is 12.8 Å². The molecule has 3 unspecified atom stereocenters. The molecule has 0 radical (unpaired) electrons. The molecule has 2 aliphatic carbocycles. The van der Waals surface area contributed by atoms with Gasteiger partial charge in [0.1, 0.15) is 6.10 Å². The molecular weight excluding hydrogens is 364 g/mol. The molecule has 2 saturated carbocycles. The number of rotatable bonds is 5. The summed E-state index contributed by atoms with van der Waals surface area (Å²) in [5.74, 6) is -0.551. The van der Waals surface area contributed by atoms with E-state index in [9.17, 15) is 9.59 Å². The predicted molar refractivity (Wildman–Crippen MR) is 114 cm³/mol. The number of carbonyl (C=O) groups is 2. The van der Waals surface area contributed by atoms with Crippen molar-refractivity contribution in [3.05, 3.63) is 0 Å². The zero-order chi connectivity index (χ0) is 22.1. The third kappa shape index (κ3) is 3.85. The zero-order valence-corrected chi connectivity index (χ0v) is 20.2. The van der Waals surface area contributed by atoms with E-state index in [2.05, 4.69) is 55.4 Å². The molecule has 2 heterocycles. The van der Waals surface area contributed by atoms with E-state index in [1.54, 1.807) is 0 Å². The van der Waals surface area contributed by atoms with Crippen LogP contribution in [-0.2, 0) is 19.1 Å². The van der Waals surface area contributed by atoms with E-state index in [1.807, 2.05) is 6.92 Å². The topological polar surface area (TPSA) is 52.6 Å². The first kappa shape index (κ1) is 22.6. The fourth-order valence-electron chi connectivity index (χ4n) is 6.67. The highest BCUT2D eigenvalue weighted by molar-refractivity contribution is 5.86. The summed E-state index contributed by atoms with van der Waals surface area (Å²) in [7, 11) is 0. The van der Waals surface area contributed by atoms with Crippen LogP contribution >= 0.6 is 0 Å². The van der Waals surface area contributed by atoms with Crippen molar-refractivity contribution >= 4 is 11.9 Å². The third-order valence-corrected chi connectivity index (χ3v) is 8.55. The molecule has 0 amide bonds. The van der Waals surface area contributed by atoms with Crippen LogP contribution in [0, 0.1) is 27.1 Å². The Labute approximate surface area is 177 Å². The molecule has 0 spiro atoms. The molecule has 0 aromatic heterocycles. The molecule has 29 heavy (non-hydrogen) atoms. The lowest BCUT2D eigenvalue weighted by atomic mass is 9.52. The van der Waals surface area contributed by atoms with E-state index in [0.717, 1.165) is 32.1 Å². The number of hydrogen-bond donors (Lipinski definition) is 0. The van der Waals surface area contributed by atoms with Gasteiger partial charge in [-0.15, -0.1) is 0 Å². The van der Waals surface area contributed by atoms with E-state index < -0.39 is 11.0 Å². The summed E-state index contributed by atoms with van der Waals surface area (Å²) in [5, 5.41) is 0. The van der Waals surface area contributed by atoms with Crippen LogP contribution in [0.15, 0.2) is 0 Å². The lowest BCUT2D eigenvalue weighted by molar-refractivity contribution is -0.203. The maximum Gasteiger partial charge on any atom is 0.350 e. The van der Waals surface area contributed by atoms with Crippen molar-refractivity contribution < 1.29 is 19.1 Å². The molecule has 3 atom stereocenters. The number of hydrogen-bond acceptors (Lipinski definition) is 4. The molecule has 4 rings (SSSR count). The van der Waals surface area contributed by atoms with Crippen molar-refractivity contribution in [2.24, 2.45) is 27.1 Å². The molecule has 166 valence electrons. The van der Waals surface area contributed by atoms with Gasteiger partial charge >= 0.3 is 11.9 Å². The van der Waals surface area contributed by atoms with Gasteiger partial charge in [-0.2, -0.15) is 0 Å². The van der Waals surface area contributed by atoms with Crippen LogP contribution in [0.4, 0.5) is 0 Å². The van der Waals surface area contributed by atoms with Gasteiger partial charge in [0, 0.05) is 12.8 Å². The number of ether oxygens (including phenoxy) is 2. The Morgan fingerprint density at radius 3 is 2.00 bits per heavy atom. The van der Waals surface area contributed by atoms with Crippen LogP contribution in [0.2, 0.25) is 0 Å². The van der Waals surface area contributed by atoms with Crippen molar-refractivity contribution in [1.82, 2.24) is 0 Å². The largest absolute Gasteiger partial charge is 0.459 e. The molecule has 2 aliphatic heterocycles. The average molecular weight is 407 g/mol. The highest BCUT2D eigenvalue weighted by atomic mass is 16.6. The van der Waals surface area contributed by atoms with Crippen LogP contribution < -0.4 is 0 Å². The molecule has 0 aromatic rings. The predicted octanol–water partition coefficient (Wildman–Crippen LogP) is 6.06. The third-order valence-electron chi connectivity index (χ3n) is 8.55. The van der Waals surface area contributed by atoms with Gasteiger partial charge < -0.3 is 9.47 Å². The van der Waals surface area contributed by atoms with E-state index >= 15 is 0 Å². The lowest BCUT2D eigenvalue weighted by Crippen LogP contribution is -2.57. The maximum absolute atomic E-state index is 13.8. The van der Waals surface area contributed by atoms with Crippen molar-refractivity contribution in [3.8, 4) is 0 Å². The molecule has 2 saturated heterocycles. The van der Waals surface area contributed by atoms with Crippen LogP contribution in [0.3, 0.4) is 0 Å². The van der Waals surface area contributed by atoms with E-state index in [-0.39, 0.29) is 39.7 Å². The van der Waals surface area contributed by atoms with Gasteiger partial charge in [0.15, 0.2) is 0 Å². The smallest absolute Gasteiger partial charge is 0.350 e. The lowest BCUT2D eigenvalue weighted by Gasteiger charge is -2.54. The molecule has 4 fully saturated rings. The van der Waals surface area contributed by atoms with Crippen LogP contribution in [0.25, 0.3) is 0 Å². The summed E-state index contributed by atoms with van der Waals surface area (Å²) in [6, 6.07) is 0. The van der Waals surface area contributed by atoms with Crippen molar-refractivity contribution in [2.45, 2.75) is 119 Å². The second-order valence-electron chi connectivity index (χ2n) is 13.2. The van der Waals surface area contributed by atoms with Crippen molar-refractivity contribution in [2.75, 3.05) is 0 Å². The quantitative estimate of drug-likeness (QED) is 0.521. The molecule has 4 aliphatic rings. The fraction of sp³-hybridized carbons (Fsp3) is 0.920. The Morgan fingerprint density at radius 1 is 1.03 bits per heavy atom. The Kier molecular flexibility index (Phi) is 5.05. The first-order valence-corrected chi connectivity index (χ1v) is 11.4. The normalized spacial score (nSPS) is 38.9. The number of carbonyl (C=O) groups excluding carboxylic acids is 2. The van der Waals surface area contributed by atoms with E-state index in [4.69, 9.17) is 9.47 Å². The SMILES string of the molecule is CCC(C)(C)CC(C)(C(=O)OC12CC3(C)CC(CC(C)(C3)C1)OC2=O)C(C)(C)C. The zero-order valence-electron chi connectivity index (χ0n) is 20.2. The first-order chi connectivity index (χ1) is 13.0. The summed E-state index contributed by atoms with van der Waals surface area (Å²) in [6.45, 7) is 19.4. The first-order valence-electron chi connectivity index (χ1n) is 11.4. The minimum atomic E-state index is -1.13. The summed E-state index contributed by atoms with van der Waals surface area (Å²) < 4.78 is 12.2. The van der Waals surface area contributed by atoms with Gasteiger partial charge in [-0.1, -0.05) is 61.8 Å². The standard InChI is InChI=1S/C25H42O4/c1-10-21(5,6)13-24(9,20(2,3)4)18(26)29-25-15-22(7)11-17(28-19(25)27)12-23(8,14-22)16-25/h17H,10-16H2,1-9H3.